The second-order valence-electron chi connectivity index (χ2n) is 10.1. The van der Waals surface area contributed by atoms with Crippen LogP contribution in [0.4, 0.5) is 11.4 Å². The van der Waals surface area contributed by atoms with Crippen LogP contribution in [-0.2, 0) is 16.8 Å². The van der Waals surface area contributed by atoms with E-state index in [1.165, 1.54) is 0 Å². The van der Waals surface area contributed by atoms with E-state index in [-0.39, 0.29) is 23.4 Å². The molecule has 0 bridgehead atoms. The topological polar surface area (TPSA) is 67.2 Å². The molecule has 1 N–H and O–H groups in total. The molecule has 6 rings (SSSR count). The van der Waals surface area contributed by atoms with Gasteiger partial charge in [0.1, 0.15) is 0 Å². The molecule has 4 aromatic rings. The summed E-state index contributed by atoms with van der Waals surface area (Å²) in [5.74, 6) is -0.727. The summed E-state index contributed by atoms with van der Waals surface area (Å²) in [4.78, 5) is 30.3. The summed E-state index contributed by atoms with van der Waals surface area (Å²) in [6.45, 7) is 8.11. The number of carbonyl (C=O) groups is 2. The molecule has 8 heteroatoms. The number of aromatic nitrogens is 2. The van der Waals surface area contributed by atoms with Gasteiger partial charge < -0.3 is 5.32 Å². The number of hydrogen-bond acceptors (Lipinski definition) is 3. The Hall–Kier alpha value is -3.61. The number of fused-ring (bicyclic) bond motifs is 4. The Kier molecular flexibility index (Phi) is 5.67. The maximum atomic E-state index is 14.4. The van der Waals surface area contributed by atoms with Gasteiger partial charge in [-0.25, -0.2) is 4.68 Å². The molecule has 3 aromatic carbocycles. The predicted molar refractivity (Wildman–Crippen MR) is 151 cm³/mol. The highest BCUT2D eigenvalue weighted by molar-refractivity contribution is 6.32. The van der Waals surface area contributed by atoms with E-state index in [4.69, 9.17) is 28.3 Å². The highest BCUT2D eigenvalue weighted by atomic mass is 35.5. The van der Waals surface area contributed by atoms with Crippen LogP contribution in [0.15, 0.2) is 60.7 Å². The number of nitrogens with zero attached hydrogens (tertiary/aromatic N) is 3. The molecular formula is C30H26Cl2N4O2. The zero-order valence-electron chi connectivity index (χ0n) is 21.5. The Morgan fingerprint density at radius 2 is 1.68 bits per heavy atom. The monoisotopic (exact) mass is 544 g/mol. The van der Waals surface area contributed by atoms with Crippen molar-refractivity contribution in [2.75, 3.05) is 10.2 Å². The minimum absolute atomic E-state index is 0.0506. The lowest BCUT2D eigenvalue weighted by atomic mass is 9.81. The molecule has 0 fully saturated rings. The van der Waals surface area contributed by atoms with Crippen molar-refractivity contribution in [1.29, 1.82) is 0 Å². The fourth-order valence-corrected chi connectivity index (χ4v) is 6.23. The zero-order chi connectivity index (χ0) is 26.9. The quantitative estimate of drug-likeness (QED) is 0.300. The highest BCUT2D eigenvalue weighted by Gasteiger charge is 2.64. The van der Waals surface area contributed by atoms with Crippen LogP contribution in [0, 0.1) is 6.92 Å². The summed E-state index contributed by atoms with van der Waals surface area (Å²) in [6.07, 6.45) is 0.799. The Morgan fingerprint density at radius 3 is 2.42 bits per heavy atom. The number of rotatable bonds is 4. The molecule has 2 amide bonds. The van der Waals surface area contributed by atoms with Crippen LogP contribution in [0.2, 0.25) is 10.0 Å². The molecule has 2 aliphatic heterocycles. The van der Waals surface area contributed by atoms with Crippen LogP contribution >= 0.6 is 23.2 Å². The smallest absolute Gasteiger partial charge is 0.280 e. The number of hydrogen-bond donors (Lipinski definition) is 1. The molecule has 192 valence electrons. The summed E-state index contributed by atoms with van der Waals surface area (Å²) in [5, 5.41) is 8.91. The lowest BCUT2D eigenvalue weighted by Gasteiger charge is -2.36. The highest BCUT2D eigenvalue weighted by Crippen LogP contribution is 2.55. The molecule has 0 saturated carbocycles. The second-order valence-corrected chi connectivity index (χ2v) is 11.0. The molecule has 1 spiro atoms. The van der Waals surface area contributed by atoms with Crippen molar-refractivity contribution in [3.63, 3.8) is 0 Å². The summed E-state index contributed by atoms with van der Waals surface area (Å²) in [7, 11) is 0. The third kappa shape index (κ3) is 3.23. The number of para-hydroxylation sites is 1. The number of carbonyl (C=O) groups excluding carboxylic acids is 2. The summed E-state index contributed by atoms with van der Waals surface area (Å²) < 4.78 is 1.86. The first-order valence-corrected chi connectivity index (χ1v) is 13.4. The first-order chi connectivity index (χ1) is 18.2. The van der Waals surface area contributed by atoms with E-state index < -0.39 is 5.54 Å². The van der Waals surface area contributed by atoms with Gasteiger partial charge in [-0.3, -0.25) is 14.5 Å². The van der Waals surface area contributed by atoms with Crippen molar-refractivity contribution in [3.8, 4) is 5.69 Å². The van der Waals surface area contributed by atoms with Gasteiger partial charge >= 0.3 is 0 Å². The van der Waals surface area contributed by atoms with Crippen molar-refractivity contribution >= 4 is 46.4 Å². The van der Waals surface area contributed by atoms with Crippen molar-refractivity contribution < 1.29 is 9.59 Å². The SMILES string of the molecule is CCc1ccccc1-n1nc2c(c1C(C)C)C1(C(=O)Nc3cc(Cl)ccc31)N(c1cc(Cl)ccc1C)C2=O. The van der Waals surface area contributed by atoms with Gasteiger partial charge in [0.25, 0.3) is 11.8 Å². The first-order valence-electron chi connectivity index (χ1n) is 12.6. The molecule has 0 aliphatic carbocycles. The zero-order valence-corrected chi connectivity index (χ0v) is 23.0. The average Bonchev–Trinajstić information content (AvgIpc) is 3.49. The van der Waals surface area contributed by atoms with Gasteiger partial charge in [0.2, 0.25) is 0 Å². The number of amides is 2. The lowest BCUT2D eigenvalue weighted by Crippen LogP contribution is -2.51. The van der Waals surface area contributed by atoms with E-state index in [0.29, 0.717) is 32.5 Å². The number of halogens is 2. The third-order valence-corrected chi connectivity index (χ3v) is 8.00. The largest absolute Gasteiger partial charge is 0.323 e. The summed E-state index contributed by atoms with van der Waals surface area (Å²) >= 11 is 12.8. The van der Waals surface area contributed by atoms with E-state index >= 15 is 0 Å². The van der Waals surface area contributed by atoms with E-state index in [9.17, 15) is 9.59 Å². The van der Waals surface area contributed by atoms with Crippen LogP contribution in [0.5, 0.6) is 0 Å². The van der Waals surface area contributed by atoms with E-state index in [1.54, 1.807) is 29.2 Å². The lowest BCUT2D eigenvalue weighted by molar-refractivity contribution is -0.119. The Labute approximate surface area is 231 Å². The van der Waals surface area contributed by atoms with E-state index in [2.05, 4.69) is 32.2 Å². The van der Waals surface area contributed by atoms with Crippen LogP contribution < -0.4 is 10.2 Å². The molecule has 38 heavy (non-hydrogen) atoms. The van der Waals surface area contributed by atoms with Crippen LogP contribution in [0.3, 0.4) is 0 Å². The fraction of sp³-hybridized carbons (Fsp3) is 0.233. The number of aryl methyl sites for hydroxylation is 2. The Morgan fingerprint density at radius 1 is 0.974 bits per heavy atom. The summed E-state index contributed by atoms with van der Waals surface area (Å²) in [6, 6.07) is 18.7. The van der Waals surface area contributed by atoms with Crippen LogP contribution in [0.1, 0.15) is 65.1 Å². The first kappa shape index (κ1) is 24.7. The molecule has 2 aliphatic rings. The van der Waals surface area contributed by atoms with Gasteiger partial charge in [-0.15, -0.1) is 0 Å². The summed E-state index contributed by atoms with van der Waals surface area (Å²) in [5.41, 5.74) is 4.81. The maximum Gasteiger partial charge on any atom is 0.280 e. The minimum Gasteiger partial charge on any atom is -0.323 e. The van der Waals surface area contributed by atoms with Gasteiger partial charge in [0.05, 0.1) is 17.1 Å². The van der Waals surface area contributed by atoms with Gasteiger partial charge in [0.15, 0.2) is 11.2 Å². The standard InChI is InChI=1S/C30H26Cl2N4O2/c1-5-18-8-6-7-9-23(18)36-27(16(2)3)25-26(34-36)28(37)35(24-15-20(32)11-10-17(24)4)30(25)21-13-12-19(31)14-22(21)33-29(30)38/h6-16H,5H2,1-4H3,(H,33,38). The number of nitrogens with one attached hydrogen (secondary N) is 1. The average molecular weight is 545 g/mol. The van der Waals surface area contributed by atoms with Gasteiger partial charge in [-0.2, -0.15) is 5.10 Å². The molecule has 1 unspecified atom stereocenters. The minimum atomic E-state index is -1.47. The molecule has 3 heterocycles. The van der Waals surface area contributed by atoms with Crippen molar-refractivity contribution in [3.05, 3.63) is 104 Å². The van der Waals surface area contributed by atoms with E-state index in [1.807, 2.05) is 41.9 Å². The molecule has 1 atom stereocenters. The van der Waals surface area contributed by atoms with Crippen molar-refractivity contribution in [2.45, 2.75) is 45.6 Å². The fourth-order valence-electron chi connectivity index (χ4n) is 5.90. The molecule has 0 radical (unpaired) electrons. The number of benzene rings is 3. The third-order valence-electron chi connectivity index (χ3n) is 7.53. The molecule has 1 aromatic heterocycles. The van der Waals surface area contributed by atoms with Crippen LogP contribution in [-0.4, -0.2) is 21.6 Å². The van der Waals surface area contributed by atoms with Gasteiger partial charge in [-0.05, 0) is 60.7 Å². The maximum absolute atomic E-state index is 14.4. The molecule has 6 nitrogen and oxygen atoms in total. The van der Waals surface area contributed by atoms with E-state index in [0.717, 1.165) is 28.9 Å². The molecule has 0 saturated heterocycles. The predicted octanol–water partition coefficient (Wildman–Crippen LogP) is 7.03. The second kappa shape index (κ2) is 8.72. The Balaban J connectivity index is 1.75. The van der Waals surface area contributed by atoms with Crippen molar-refractivity contribution in [1.82, 2.24) is 9.78 Å². The van der Waals surface area contributed by atoms with Gasteiger partial charge in [0, 0.05) is 26.9 Å². The van der Waals surface area contributed by atoms with Crippen molar-refractivity contribution in [2.24, 2.45) is 0 Å². The number of anilines is 2. The Bertz CT molecular complexity index is 1660. The normalized spacial score (nSPS) is 17.9. The van der Waals surface area contributed by atoms with Gasteiger partial charge in [-0.1, -0.05) is 74.3 Å². The molecular weight excluding hydrogens is 519 g/mol. The van der Waals surface area contributed by atoms with Crippen LogP contribution in [0.25, 0.3) is 5.69 Å².